The molecule has 0 bridgehead atoms. The Kier molecular flexibility index (Phi) is 6.76. The van der Waals surface area contributed by atoms with Crippen LogP contribution >= 0.6 is 0 Å². The number of hydrogen-bond acceptors (Lipinski definition) is 3. The molecule has 0 radical (unpaired) electrons. The normalized spacial score (nSPS) is 29.3. The van der Waals surface area contributed by atoms with Crippen LogP contribution < -0.4 is 0 Å². The van der Waals surface area contributed by atoms with Crippen LogP contribution in [0.2, 0.25) is 0 Å². The molecule has 1 aliphatic heterocycles. The van der Waals surface area contributed by atoms with Crippen molar-refractivity contribution in [1.82, 2.24) is 9.80 Å². The van der Waals surface area contributed by atoms with E-state index < -0.39 is 5.60 Å². The Morgan fingerprint density at radius 3 is 2.54 bits per heavy atom. The molecule has 2 fully saturated rings. The maximum Gasteiger partial charge on any atom is 0.0728 e. The van der Waals surface area contributed by atoms with E-state index in [1.54, 1.807) is 0 Å². The molecule has 1 heterocycles. The Labute approximate surface area is 160 Å². The fraction of sp³-hybridized carbons (Fsp3) is 0.739. The number of piperazine rings is 1. The van der Waals surface area contributed by atoms with Gasteiger partial charge >= 0.3 is 0 Å². The summed E-state index contributed by atoms with van der Waals surface area (Å²) in [6.45, 7) is 10.0. The van der Waals surface area contributed by atoms with Crippen LogP contribution in [-0.2, 0) is 6.42 Å². The van der Waals surface area contributed by atoms with Crippen molar-refractivity contribution in [1.29, 1.82) is 0 Å². The SMILES string of the molecule is Cc1ccc(C)c(CC2(O)CCCCCCC2CN2CCN(C)CC2)c1. The highest BCUT2D eigenvalue weighted by molar-refractivity contribution is 5.32. The van der Waals surface area contributed by atoms with Gasteiger partial charge in [-0.1, -0.05) is 49.4 Å². The predicted molar refractivity (Wildman–Crippen MR) is 110 cm³/mol. The van der Waals surface area contributed by atoms with Crippen molar-refractivity contribution >= 4 is 0 Å². The van der Waals surface area contributed by atoms with Crippen molar-refractivity contribution in [3.63, 3.8) is 0 Å². The van der Waals surface area contributed by atoms with Crippen LogP contribution in [0.4, 0.5) is 0 Å². The van der Waals surface area contributed by atoms with Gasteiger partial charge in [0.05, 0.1) is 5.60 Å². The molecule has 3 heteroatoms. The number of nitrogens with zero attached hydrogens (tertiary/aromatic N) is 2. The Bertz CT molecular complexity index is 580. The molecule has 3 nitrogen and oxygen atoms in total. The zero-order valence-corrected chi connectivity index (χ0v) is 17.1. The lowest BCUT2D eigenvalue weighted by Crippen LogP contribution is -2.51. The van der Waals surface area contributed by atoms with E-state index in [1.165, 1.54) is 48.8 Å². The van der Waals surface area contributed by atoms with Crippen LogP contribution in [0.3, 0.4) is 0 Å². The number of rotatable bonds is 4. The summed E-state index contributed by atoms with van der Waals surface area (Å²) >= 11 is 0. The van der Waals surface area contributed by atoms with Crippen LogP contribution in [0.25, 0.3) is 0 Å². The molecule has 3 rings (SSSR count). The minimum Gasteiger partial charge on any atom is -0.389 e. The Hall–Kier alpha value is -0.900. The van der Waals surface area contributed by atoms with Gasteiger partial charge < -0.3 is 14.9 Å². The number of benzene rings is 1. The standard InChI is InChI=1S/C23H38N2O/c1-19-9-10-20(2)21(16-19)17-23(26)11-7-5-4-6-8-22(23)18-25-14-12-24(3)13-15-25/h9-10,16,22,26H,4-8,11-15,17-18H2,1-3H3. The third kappa shape index (κ3) is 5.09. The monoisotopic (exact) mass is 358 g/mol. The van der Waals surface area contributed by atoms with Gasteiger partial charge in [0.15, 0.2) is 0 Å². The maximum atomic E-state index is 11.9. The van der Waals surface area contributed by atoms with Gasteiger partial charge in [-0.2, -0.15) is 0 Å². The topological polar surface area (TPSA) is 26.7 Å². The molecular weight excluding hydrogens is 320 g/mol. The average Bonchev–Trinajstić information content (AvgIpc) is 2.60. The lowest BCUT2D eigenvalue weighted by Gasteiger charge is -2.42. The van der Waals surface area contributed by atoms with Crippen molar-refractivity contribution in [2.45, 2.75) is 64.4 Å². The van der Waals surface area contributed by atoms with Crippen LogP contribution in [0.5, 0.6) is 0 Å². The molecule has 1 aromatic rings. The van der Waals surface area contributed by atoms with Crippen molar-refractivity contribution in [2.24, 2.45) is 5.92 Å². The first-order valence-corrected chi connectivity index (χ1v) is 10.7. The van der Waals surface area contributed by atoms with E-state index in [2.05, 4.69) is 48.9 Å². The molecule has 2 unspecified atom stereocenters. The minimum atomic E-state index is -0.553. The molecule has 1 N–H and O–H groups in total. The zero-order valence-electron chi connectivity index (χ0n) is 17.1. The summed E-state index contributed by atoms with van der Waals surface area (Å²) < 4.78 is 0. The van der Waals surface area contributed by atoms with Crippen molar-refractivity contribution in [2.75, 3.05) is 39.8 Å². The van der Waals surface area contributed by atoms with Gasteiger partial charge in [-0.25, -0.2) is 0 Å². The molecule has 0 amide bonds. The molecule has 2 aliphatic rings. The molecule has 26 heavy (non-hydrogen) atoms. The van der Waals surface area contributed by atoms with Crippen LogP contribution in [0.15, 0.2) is 18.2 Å². The maximum absolute atomic E-state index is 11.9. The fourth-order valence-electron chi connectivity index (χ4n) is 4.80. The number of hydrogen-bond donors (Lipinski definition) is 1. The quantitative estimate of drug-likeness (QED) is 0.887. The molecular formula is C23H38N2O. The highest BCUT2D eigenvalue weighted by atomic mass is 16.3. The molecule has 2 atom stereocenters. The third-order valence-corrected chi connectivity index (χ3v) is 6.75. The van der Waals surface area contributed by atoms with Gasteiger partial charge in [-0.15, -0.1) is 0 Å². The molecule has 1 aliphatic carbocycles. The molecule has 1 saturated carbocycles. The Morgan fingerprint density at radius 1 is 1.04 bits per heavy atom. The molecule has 1 aromatic carbocycles. The summed E-state index contributed by atoms with van der Waals surface area (Å²) in [7, 11) is 2.21. The lowest BCUT2D eigenvalue weighted by atomic mass is 9.73. The van der Waals surface area contributed by atoms with Gasteiger partial charge in [0, 0.05) is 45.1 Å². The first-order valence-electron chi connectivity index (χ1n) is 10.7. The van der Waals surface area contributed by atoms with Crippen molar-refractivity contribution in [3.8, 4) is 0 Å². The number of likely N-dealkylation sites (N-methyl/N-ethyl adjacent to an activating group) is 1. The number of aryl methyl sites for hydroxylation is 2. The summed E-state index contributed by atoms with van der Waals surface area (Å²) in [5.74, 6) is 0.395. The Morgan fingerprint density at radius 2 is 1.77 bits per heavy atom. The summed E-state index contributed by atoms with van der Waals surface area (Å²) in [5.41, 5.74) is 3.42. The van der Waals surface area contributed by atoms with E-state index in [9.17, 15) is 5.11 Å². The summed E-state index contributed by atoms with van der Waals surface area (Å²) in [6, 6.07) is 6.69. The van der Waals surface area contributed by atoms with E-state index >= 15 is 0 Å². The predicted octanol–water partition coefficient (Wildman–Crippen LogP) is 3.79. The smallest absolute Gasteiger partial charge is 0.0728 e. The van der Waals surface area contributed by atoms with Gasteiger partial charge in [0.2, 0.25) is 0 Å². The molecule has 0 aromatic heterocycles. The second-order valence-electron chi connectivity index (χ2n) is 8.96. The fourth-order valence-corrected chi connectivity index (χ4v) is 4.80. The zero-order chi connectivity index (χ0) is 18.6. The first-order chi connectivity index (χ1) is 12.5. The second-order valence-corrected chi connectivity index (χ2v) is 8.96. The summed E-state index contributed by atoms with van der Waals surface area (Å²) in [6.07, 6.45) is 7.99. The molecule has 146 valence electrons. The van der Waals surface area contributed by atoms with Gasteiger partial charge in [0.25, 0.3) is 0 Å². The van der Waals surface area contributed by atoms with Crippen LogP contribution in [0.1, 0.15) is 55.2 Å². The highest BCUT2D eigenvalue weighted by Gasteiger charge is 2.38. The molecule has 1 saturated heterocycles. The Balaban J connectivity index is 1.77. The van der Waals surface area contributed by atoms with Crippen molar-refractivity contribution in [3.05, 3.63) is 34.9 Å². The van der Waals surface area contributed by atoms with E-state index in [0.29, 0.717) is 5.92 Å². The highest BCUT2D eigenvalue weighted by Crippen LogP contribution is 2.36. The summed E-state index contributed by atoms with van der Waals surface area (Å²) in [4.78, 5) is 5.01. The lowest BCUT2D eigenvalue weighted by molar-refractivity contribution is -0.0513. The van der Waals surface area contributed by atoms with Crippen LogP contribution in [0, 0.1) is 19.8 Å². The average molecular weight is 359 g/mol. The third-order valence-electron chi connectivity index (χ3n) is 6.75. The summed E-state index contributed by atoms with van der Waals surface area (Å²) in [5, 5.41) is 11.9. The van der Waals surface area contributed by atoms with Crippen molar-refractivity contribution < 1.29 is 5.11 Å². The van der Waals surface area contributed by atoms with E-state index in [0.717, 1.165) is 45.6 Å². The molecule has 0 spiro atoms. The van der Waals surface area contributed by atoms with E-state index in [1.807, 2.05) is 0 Å². The van der Waals surface area contributed by atoms with Gasteiger partial charge in [0.1, 0.15) is 0 Å². The number of aliphatic hydroxyl groups is 1. The second kappa shape index (κ2) is 8.86. The van der Waals surface area contributed by atoms with Gasteiger partial charge in [-0.05, 0) is 44.9 Å². The minimum absolute atomic E-state index is 0.395. The first kappa shape index (κ1) is 19.9. The van der Waals surface area contributed by atoms with Crippen LogP contribution in [-0.4, -0.2) is 60.3 Å². The largest absolute Gasteiger partial charge is 0.389 e. The van der Waals surface area contributed by atoms with E-state index in [-0.39, 0.29) is 0 Å². The van der Waals surface area contributed by atoms with E-state index in [4.69, 9.17) is 0 Å². The van der Waals surface area contributed by atoms with Gasteiger partial charge in [-0.3, -0.25) is 0 Å².